The number of carbonyl (C=O) groups is 5. The molecule has 166 valence electrons. The number of carboxylic acids is 2. The highest BCUT2D eigenvalue weighted by atomic mass is 16.4. The van der Waals surface area contributed by atoms with E-state index in [-0.39, 0.29) is 12.3 Å². The molecule has 0 aliphatic carbocycles. The first kappa shape index (κ1) is 26.3. The van der Waals surface area contributed by atoms with Crippen molar-refractivity contribution in [1.29, 1.82) is 0 Å². The molecule has 0 radical (unpaired) electrons. The summed E-state index contributed by atoms with van der Waals surface area (Å²) in [7, 11) is 0. The summed E-state index contributed by atoms with van der Waals surface area (Å²) in [5, 5.41) is 25.3. The second kappa shape index (κ2) is 12.0. The van der Waals surface area contributed by atoms with Gasteiger partial charge < -0.3 is 31.9 Å². The summed E-state index contributed by atoms with van der Waals surface area (Å²) in [6.45, 7) is 8.25. The van der Waals surface area contributed by atoms with E-state index >= 15 is 0 Å². The zero-order chi connectivity index (χ0) is 22.9. The predicted octanol–water partition coefficient (Wildman–Crippen LogP) is -0.951. The molecule has 0 fully saturated rings. The maximum Gasteiger partial charge on any atom is 0.326 e. The molecule has 11 nitrogen and oxygen atoms in total. The molecular formula is C18H32N4O7. The van der Waals surface area contributed by atoms with Crippen LogP contribution >= 0.6 is 0 Å². The van der Waals surface area contributed by atoms with Crippen LogP contribution in [0.4, 0.5) is 0 Å². The molecule has 0 bridgehead atoms. The van der Waals surface area contributed by atoms with Crippen LogP contribution in [0.2, 0.25) is 0 Å². The van der Waals surface area contributed by atoms with Gasteiger partial charge >= 0.3 is 11.9 Å². The summed E-state index contributed by atoms with van der Waals surface area (Å²) in [6, 6.07) is -4.66. The van der Waals surface area contributed by atoms with Crippen molar-refractivity contribution in [3.63, 3.8) is 0 Å². The van der Waals surface area contributed by atoms with Gasteiger partial charge in [-0.2, -0.15) is 0 Å². The monoisotopic (exact) mass is 416 g/mol. The Kier molecular flexibility index (Phi) is 10.9. The van der Waals surface area contributed by atoms with Gasteiger partial charge in [-0.1, -0.05) is 27.7 Å². The summed E-state index contributed by atoms with van der Waals surface area (Å²) in [4.78, 5) is 59.3. The van der Waals surface area contributed by atoms with Crippen LogP contribution in [0.25, 0.3) is 0 Å². The van der Waals surface area contributed by atoms with Crippen molar-refractivity contribution in [2.75, 3.05) is 0 Å². The molecule has 0 aliphatic heterocycles. The Balaban J connectivity index is 5.37. The van der Waals surface area contributed by atoms with Crippen LogP contribution in [0.3, 0.4) is 0 Å². The SMILES string of the molecule is CC(C)CC(NC(=O)C(NC(=O)C(CC(=O)O)NC(=O)C(C)N)C(C)C)C(=O)O. The number of amides is 3. The summed E-state index contributed by atoms with van der Waals surface area (Å²) in [5.74, 6) is -5.27. The minimum absolute atomic E-state index is 0.0110. The van der Waals surface area contributed by atoms with Gasteiger partial charge in [0.2, 0.25) is 17.7 Å². The van der Waals surface area contributed by atoms with Crippen LogP contribution < -0.4 is 21.7 Å². The van der Waals surface area contributed by atoms with Crippen molar-refractivity contribution in [2.24, 2.45) is 17.6 Å². The molecule has 7 N–H and O–H groups in total. The molecule has 0 rings (SSSR count). The number of aliphatic carboxylic acids is 2. The van der Waals surface area contributed by atoms with E-state index < -0.39 is 66.2 Å². The first-order valence-electron chi connectivity index (χ1n) is 9.37. The van der Waals surface area contributed by atoms with E-state index in [9.17, 15) is 29.1 Å². The van der Waals surface area contributed by atoms with Gasteiger partial charge in [0, 0.05) is 0 Å². The standard InChI is InChI=1S/C18H32N4O7/c1-8(2)6-12(18(28)29)21-17(27)14(9(3)4)22-16(26)11(7-13(23)24)20-15(25)10(5)19/h8-12,14H,6-7,19H2,1-5H3,(H,20,25)(H,21,27)(H,22,26)(H,23,24)(H,28,29). The highest BCUT2D eigenvalue weighted by molar-refractivity contribution is 5.95. The maximum atomic E-state index is 12.6. The lowest BCUT2D eigenvalue weighted by molar-refractivity contribution is -0.144. The predicted molar refractivity (Wildman–Crippen MR) is 104 cm³/mol. The fourth-order valence-corrected chi connectivity index (χ4v) is 2.43. The molecular weight excluding hydrogens is 384 g/mol. The van der Waals surface area contributed by atoms with Crippen LogP contribution in [-0.2, 0) is 24.0 Å². The summed E-state index contributed by atoms with van der Waals surface area (Å²) >= 11 is 0. The van der Waals surface area contributed by atoms with E-state index in [0.29, 0.717) is 0 Å². The van der Waals surface area contributed by atoms with E-state index in [1.54, 1.807) is 27.7 Å². The molecule has 4 unspecified atom stereocenters. The molecule has 29 heavy (non-hydrogen) atoms. The van der Waals surface area contributed by atoms with Crippen molar-refractivity contribution < 1.29 is 34.2 Å². The van der Waals surface area contributed by atoms with Gasteiger partial charge in [0.25, 0.3) is 0 Å². The largest absolute Gasteiger partial charge is 0.481 e. The van der Waals surface area contributed by atoms with Gasteiger partial charge in [-0.3, -0.25) is 19.2 Å². The smallest absolute Gasteiger partial charge is 0.326 e. The third-order valence-corrected chi connectivity index (χ3v) is 3.99. The number of carboxylic acid groups (broad SMARTS) is 2. The quantitative estimate of drug-likeness (QED) is 0.235. The fourth-order valence-electron chi connectivity index (χ4n) is 2.43. The Labute approximate surface area is 169 Å². The fraction of sp³-hybridized carbons (Fsp3) is 0.722. The van der Waals surface area contributed by atoms with E-state index in [2.05, 4.69) is 16.0 Å². The summed E-state index contributed by atoms with van der Waals surface area (Å²) in [6.07, 6.45) is -0.506. The average Bonchev–Trinajstić information content (AvgIpc) is 2.56. The average molecular weight is 416 g/mol. The first-order valence-corrected chi connectivity index (χ1v) is 9.37. The topological polar surface area (TPSA) is 188 Å². The van der Waals surface area contributed by atoms with Gasteiger partial charge in [0.05, 0.1) is 12.5 Å². The van der Waals surface area contributed by atoms with E-state index in [1.807, 2.05) is 0 Å². The highest BCUT2D eigenvalue weighted by Crippen LogP contribution is 2.08. The van der Waals surface area contributed by atoms with E-state index in [1.165, 1.54) is 6.92 Å². The Morgan fingerprint density at radius 2 is 1.31 bits per heavy atom. The molecule has 0 aliphatic rings. The lowest BCUT2D eigenvalue weighted by atomic mass is 10.00. The molecule has 0 saturated heterocycles. The Morgan fingerprint density at radius 3 is 1.69 bits per heavy atom. The molecule has 3 amide bonds. The molecule has 0 saturated carbocycles. The first-order chi connectivity index (χ1) is 13.3. The minimum Gasteiger partial charge on any atom is -0.481 e. The van der Waals surface area contributed by atoms with E-state index in [0.717, 1.165) is 0 Å². The minimum atomic E-state index is -1.44. The van der Waals surface area contributed by atoms with Gasteiger partial charge in [-0.15, -0.1) is 0 Å². The molecule has 4 atom stereocenters. The number of hydrogen-bond donors (Lipinski definition) is 6. The third kappa shape index (κ3) is 9.88. The third-order valence-electron chi connectivity index (χ3n) is 3.99. The maximum absolute atomic E-state index is 12.6. The summed E-state index contributed by atoms with van der Waals surface area (Å²) in [5.41, 5.74) is 5.42. The molecule has 0 spiro atoms. The van der Waals surface area contributed by atoms with Crippen molar-refractivity contribution in [2.45, 2.75) is 71.6 Å². The van der Waals surface area contributed by atoms with Crippen LogP contribution in [0.15, 0.2) is 0 Å². The van der Waals surface area contributed by atoms with Crippen molar-refractivity contribution in [1.82, 2.24) is 16.0 Å². The van der Waals surface area contributed by atoms with Gasteiger partial charge in [0.15, 0.2) is 0 Å². The lowest BCUT2D eigenvalue weighted by Crippen LogP contribution is -2.58. The second-order valence-corrected chi connectivity index (χ2v) is 7.71. The van der Waals surface area contributed by atoms with Crippen molar-refractivity contribution >= 4 is 29.7 Å². The number of carbonyl (C=O) groups excluding carboxylic acids is 3. The lowest BCUT2D eigenvalue weighted by Gasteiger charge is -2.26. The summed E-state index contributed by atoms with van der Waals surface area (Å²) < 4.78 is 0. The normalized spacial score (nSPS) is 15.2. The van der Waals surface area contributed by atoms with Gasteiger partial charge in [-0.05, 0) is 25.2 Å². The van der Waals surface area contributed by atoms with Crippen LogP contribution in [0.5, 0.6) is 0 Å². The number of nitrogens with one attached hydrogen (secondary N) is 3. The highest BCUT2D eigenvalue weighted by Gasteiger charge is 2.32. The Morgan fingerprint density at radius 1 is 0.793 bits per heavy atom. The van der Waals surface area contributed by atoms with Crippen LogP contribution in [0, 0.1) is 11.8 Å². The van der Waals surface area contributed by atoms with Crippen LogP contribution in [0.1, 0.15) is 47.5 Å². The molecule has 0 aromatic rings. The molecule has 0 aromatic carbocycles. The van der Waals surface area contributed by atoms with E-state index in [4.69, 9.17) is 10.8 Å². The van der Waals surface area contributed by atoms with Crippen LogP contribution in [-0.4, -0.2) is 64.0 Å². The Bertz CT molecular complexity index is 619. The number of nitrogens with two attached hydrogens (primary N) is 1. The molecule has 11 heteroatoms. The van der Waals surface area contributed by atoms with Crippen molar-refractivity contribution in [3.8, 4) is 0 Å². The Hall–Kier alpha value is -2.69. The zero-order valence-corrected chi connectivity index (χ0v) is 17.4. The number of rotatable bonds is 12. The second-order valence-electron chi connectivity index (χ2n) is 7.71. The zero-order valence-electron chi connectivity index (χ0n) is 17.4. The number of hydrogen-bond acceptors (Lipinski definition) is 6. The van der Waals surface area contributed by atoms with Crippen molar-refractivity contribution in [3.05, 3.63) is 0 Å². The van der Waals surface area contributed by atoms with Gasteiger partial charge in [0.1, 0.15) is 18.1 Å². The van der Waals surface area contributed by atoms with Gasteiger partial charge in [-0.25, -0.2) is 4.79 Å². The molecule has 0 heterocycles. The molecule has 0 aromatic heterocycles.